The van der Waals surface area contributed by atoms with Gasteiger partial charge in [0.15, 0.2) is 0 Å². The lowest BCUT2D eigenvalue weighted by Gasteiger charge is -2.08. The van der Waals surface area contributed by atoms with Gasteiger partial charge in [0, 0.05) is 18.1 Å². The molecule has 2 heterocycles. The Hall–Kier alpha value is -3.28. The van der Waals surface area contributed by atoms with Gasteiger partial charge in [-0.1, -0.05) is 41.6 Å². The summed E-state index contributed by atoms with van der Waals surface area (Å²) in [7, 11) is 0. The summed E-state index contributed by atoms with van der Waals surface area (Å²) in [4.78, 5) is 16.6. The van der Waals surface area contributed by atoms with Gasteiger partial charge in [-0.05, 0) is 30.2 Å². The van der Waals surface area contributed by atoms with Crippen LogP contribution < -0.4 is 5.32 Å². The number of pyridine rings is 1. The minimum atomic E-state index is -0.0798. The maximum atomic E-state index is 12.2. The summed E-state index contributed by atoms with van der Waals surface area (Å²) in [5, 5.41) is 12.2. The predicted molar refractivity (Wildman–Crippen MR) is 96.0 cm³/mol. The number of hydrogen-bond acceptors (Lipinski definition) is 4. The number of fused-ring (bicyclic) bond motifs is 2. The van der Waals surface area contributed by atoms with Crippen molar-refractivity contribution < 1.29 is 4.79 Å². The highest BCUT2D eigenvalue weighted by molar-refractivity contribution is 5.82. The second-order valence-corrected chi connectivity index (χ2v) is 5.83. The molecule has 6 heteroatoms. The maximum Gasteiger partial charge on any atom is 0.241 e. The molecule has 0 fully saturated rings. The van der Waals surface area contributed by atoms with Crippen LogP contribution in [0.4, 0.5) is 0 Å². The molecule has 124 valence electrons. The number of benzene rings is 2. The van der Waals surface area contributed by atoms with Crippen molar-refractivity contribution in [3.8, 4) is 0 Å². The van der Waals surface area contributed by atoms with Gasteiger partial charge in [-0.2, -0.15) is 0 Å². The topological polar surface area (TPSA) is 72.7 Å². The summed E-state index contributed by atoms with van der Waals surface area (Å²) in [5.41, 5.74) is 3.76. The van der Waals surface area contributed by atoms with E-state index in [-0.39, 0.29) is 12.5 Å². The monoisotopic (exact) mass is 331 g/mol. The first-order valence-electron chi connectivity index (χ1n) is 8.19. The van der Waals surface area contributed by atoms with Crippen LogP contribution in [0.25, 0.3) is 21.9 Å². The zero-order chi connectivity index (χ0) is 17.1. The lowest BCUT2D eigenvalue weighted by atomic mass is 10.1. The Morgan fingerprint density at radius 3 is 2.88 bits per heavy atom. The quantitative estimate of drug-likeness (QED) is 0.609. The van der Waals surface area contributed by atoms with Gasteiger partial charge in [0.05, 0.1) is 11.0 Å². The Kier molecular flexibility index (Phi) is 4.08. The highest BCUT2D eigenvalue weighted by Crippen LogP contribution is 2.16. The van der Waals surface area contributed by atoms with Gasteiger partial charge in [0.25, 0.3) is 0 Å². The average molecular weight is 331 g/mol. The molecule has 0 radical (unpaired) electrons. The predicted octanol–water partition coefficient (Wildman–Crippen LogP) is 2.34. The second kappa shape index (κ2) is 6.68. The van der Waals surface area contributed by atoms with Crippen LogP contribution in [0.5, 0.6) is 0 Å². The SMILES string of the molecule is O=C(Cn1nnc2ccccc21)NCCc1cccc2cccnc12. The third kappa shape index (κ3) is 3.19. The molecule has 1 N–H and O–H groups in total. The van der Waals surface area contributed by atoms with Crippen molar-refractivity contribution >= 4 is 27.8 Å². The molecule has 4 rings (SSSR count). The molecule has 0 unspecified atom stereocenters. The third-order valence-corrected chi connectivity index (χ3v) is 4.15. The van der Waals surface area contributed by atoms with E-state index in [9.17, 15) is 4.79 Å². The molecular formula is C19H17N5O. The molecule has 0 saturated carbocycles. The number of nitrogens with one attached hydrogen (secondary N) is 1. The molecule has 0 atom stereocenters. The van der Waals surface area contributed by atoms with Crippen molar-refractivity contribution in [1.29, 1.82) is 0 Å². The Balaban J connectivity index is 1.39. The molecule has 6 nitrogen and oxygen atoms in total. The Morgan fingerprint density at radius 2 is 1.92 bits per heavy atom. The molecule has 0 aliphatic carbocycles. The summed E-state index contributed by atoms with van der Waals surface area (Å²) in [6.45, 7) is 0.718. The highest BCUT2D eigenvalue weighted by Gasteiger charge is 2.08. The van der Waals surface area contributed by atoms with E-state index in [1.165, 1.54) is 0 Å². The van der Waals surface area contributed by atoms with Crippen LogP contribution in [0.1, 0.15) is 5.56 Å². The normalized spacial score (nSPS) is 11.0. The number of rotatable bonds is 5. The third-order valence-electron chi connectivity index (χ3n) is 4.15. The maximum absolute atomic E-state index is 12.2. The molecule has 0 aliphatic rings. The van der Waals surface area contributed by atoms with Crippen molar-refractivity contribution in [3.05, 3.63) is 66.4 Å². The van der Waals surface area contributed by atoms with E-state index in [1.807, 2.05) is 54.6 Å². The van der Waals surface area contributed by atoms with Gasteiger partial charge >= 0.3 is 0 Å². The fourth-order valence-electron chi connectivity index (χ4n) is 2.93. The van der Waals surface area contributed by atoms with Gasteiger partial charge in [0.1, 0.15) is 12.1 Å². The minimum Gasteiger partial charge on any atom is -0.354 e. The summed E-state index contributed by atoms with van der Waals surface area (Å²) >= 11 is 0. The molecule has 25 heavy (non-hydrogen) atoms. The number of aromatic nitrogens is 4. The molecule has 0 spiro atoms. The van der Waals surface area contributed by atoms with Crippen molar-refractivity contribution in [2.45, 2.75) is 13.0 Å². The molecule has 4 aromatic rings. The van der Waals surface area contributed by atoms with Crippen molar-refractivity contribution in [2.24, 2.45) is 0 Å². The van der Waals surface area contributed by atoms with Crippen LogP contribution in [0.15, 0.2) is 60.8 Å². The van der Waals surface area contributed by atoms with Crippen molar-refractivity contribution in [2.75, 3.05) is 6.54 Å². The first-order chi connectivity index (χ1) is 12.3. The zero-order valence-electron chi connectivity index (χ0n) is 13.6. The average Bonchev–Trinajstić information content (AvgIpc) is 3.05. The van der Waals surface area contributed by atoms with E-state index in [0.717, 1.165) is 33.9 Å². The number of amides is 1. The molecule has 1 amide bonds. The van der Waals surface area contributed by atoms with Gasteiger partial charge < -0.3 is 5.32 Å². The number of carbonyl (C=O) groups is 1. The Morgan fingerprint density at radius 1 is 1.04 bits per heavy atom. The number of nitrogens with zero attached hydrogens (tertiary/aromatic N) is 4. The number of para-hydroxylation sites is 2. The van der Waals surface area contributed by atoms with Crippen molar-refractivity contribution in [1.82, 2.24) is 25.3 Å². The van der Waals surface area contributed by atoms with Gasteiger partial charge in [0.2, 0.25) is 5.91 Å². The summed E-state index contributed by atoms with van der Waals surface area (Å²) in [6.07, 6.45) is 2.53. The Bertz CT molecular complexity index is 1030. The van der Waals surface area contributed by atoms with Gasteiger partial charge in [-0.15, -0.1) is 5.10 Å². The van der Waals surface area contributed by atoms with E-state index in [2.05, 4.69) is 20.6 Å². The second-order valence-electron chi connectivity index (χ2n) is 5.83. The summed E-state index contributed by atoms with van der Waals surface area (Å²) in [6, 6.07) is 17.7. The smallest absolute Gasteiger partial charge is 0.241 e. The van der Waals surface area contributed by atoms with Gasteiger partial charge in [-0.25, -0.2) is 4.68 Å². The molecule has 0 aliphatic heterocycles. The van der Waals surface area contributed by atoms with Crippen molar-refractivity contribution in [3.63, 3.8) is 0 Å². The van der Waals surface area contributed by atoms with Crippen LogP contribution in [-0.2, 0) is 17.8 Å². The number of carbonyl (C=O) groups excluding carboxylic acids is 1. The lowest BCUT2D eigenvalue weighted by molar-refractivity contribution is -0.121. The lowest BCUT2D eigenvalue weighted by Crippen LogP contribution is -2.29. The van der Waals surface area contributed by atoms with Crippen LogP contribution in [0.3, 0.4) is 0 Å². The number of hydrogen-bond donors (Lipinski definition) is 1. The van der Waals surface area contributed by atoms with Crippen LogP contribution in [-0.4, -0.2) is 32.4 Å². The largest absolute Gasteiger partial charge is 0.354 e. The fraction of sp³-hybridized carbons (Fsp3) is 0.158. The fourth-order valence-corrected chi connectivity index (χ4v) is 2.93. The molecule has 0 saturated heterocycles. The van der Waals surface area contributed by atoms with E-state index < -0.39 is 0 Å². The highest BCUT2D eigenvalue weighted by atomic mass is 16.2. The first-order valence-corrected chi connectivity index (χ1v) is 8.19. The molecular weight excluding hydrogens is 314 g/mol. The van der Waals surface area contributed by atoms with Crippen LogP contribution >= 0.6 is 0 Å². The van der Waals surface area contributed by atoms with Gasteiger partial charge in [-0.3, -0.25) is 9.78 Å². The summed E-state index contributed by atoms with van der Waals surface area (Å²) < 4.78 is 1.62. The zero-order valence-corrected chi connectivity index (χ0v) is 13.6. The first kappa shape index (κ1) is 15.3. The Labute approximate surface area is 144 Å². The minimum absolute atomic E-state index is 0.0798. The standard InChI is InChI=1S/C19H17N5O/c25-18(13-24-17-9-2-1-8-16(17)22-23-24)20-12-10-15-6-3-5-14-7-4-11-21-19(14)15/h1-9,11H,10,12-13H2,(H,20,25). The van der Waals surface area contributed by atoms with Crippen LogP contribution in [0.2, 0.25) is 0 Å². The van der Waals surface area contributed by atoms with E-state index in [1.54, 1.807) is 10.9 Å². The van der Waals surface area contributed by atoms with E-state index in [0.29, 0.717) is 6.54 Å². The van der Waals surface area contributed by atoms with Crippen LogP contribution in [0, 0.1) is 0 Å². The summed E-state index contributed by atoms with van der Waals surface area (Å²) in [5.74, 6) is -0.0798. The molecule has 0 bridgehead atoms. The molecule has 2 aromatic heterocycles. The van der Waals surface area contributed by atoms with E-state index >= 15 is 0 Å². The van der Waals surface area contributed by atoms with E-state index in [4.69, 9.17) is 0 Å². The molecule has 2 aromatic carbocycles.